The molecule has 0 radical (unpaired) electrons. The molecular formula is C12H15NO. The van der Waals surface area contributed by atoms with Crippen molar-refractivity contribution in [3.05, 3.63) is 35.9 Å². The van der Waals surface area contributed by atoms with Gasteiger partial charge in [0.2, 0.25) is 5.91 Å². The summed E-state index contributed by atoms with van der Waals surface area (Å²) in [5, 5.41) is 2.96. The number of benzene rings is 1. The second-order valence-electron chi connectivity index (χ2n) is 4.23. The zero-order valence-electron chi connectivity index (χ0n) is 8.42. The third kappa shape index (κ3) is 1.95. The number of carbonyl (C=O) groups is 1. The van der Waals surface area contributed by atoms with Crippen molar-refractivity contribution in [3.8, 4) is 0 Å². The maximum absolute atomic E-state index is 11.6. The summed E-state index contributed by atoms with van der Waals surface area (Å²) in [5.41, 5.74) is 1.10. The van der Waals surface area contributed by atoms with Crippen molar-refractivity contribution in [2.45, 2.75) is 26.3 Å². The fourth-order valence-electron chi connectivity index (χ4n) is 1.41. The maximum Gasteiger partial charge on any atom is 0.226 e. The van der Waals surface area contributed by atoms with Crippen molar-refractivity contribution in [2.75, 3.05) is 0 Å². The number of amides is 1. The minimum absolute atomic E-state index is 0.0607. The van der Waals surface area contributed by atoms with Crippen LogP contribution in [0.4, 0.5) is 0 Å². The van der Waals surface area contributed by atoms with E-state index in [1.165, 1.54) is 0 Å². The first-order valence-electron chi connectivity index (χ1n) is 5.03. The van der Waals surface area contributed by atoms with Gasteiger partial charge in [0.05, 0.1) is 0 Å². The molecule has 1 amide bonds. The summed E-state index contributed by atoms with van der Waals surface area (Å²) in [6.45, 7) is 2.67. The van der Waals surface area contributed by atoms with Crippen LogP contribution in [0.2, 0.25) is 0 Å². The van der Waals surface area contributed by atoms with E-state index in [0.29, 0.717) is 6.54 Å². The minimum Gasteiger partial charge on any atom is -0.352 e. The Morgan fingerprint density at radius 1 is 1.36 bits per heavy atom. The summed E-state index contributed by atoms with van der Waals surface area (Å²) in [4.78, 5) is 11.6. The fraction of sp³-hybridized carbons (Fsp3) is 0.417. The highest BCUT2D eigenvalue weighted by atomic mass is 16.2. The summed E-state index contributed by atoms with van der Waals surface area (Å²) in [6, 6.07) is 10.00. The lowest BCUT2D eigenvalue weighted by molar-refractivity contribution is -0.125. The highest BCUT2D eigenvalue weighted by molar-refractivity contribution is 5.84. The number of nitrogens with one attached hydrogen (secondary N) is 1. The van der Waals surface area contributed by atoms with Gasteiger partial charge in [-0.3, -0.25) is 4.79 Å². The van der Waals surface area contributed by atoms with Gasteiger partial charge in [0.1, 0.15) is 0 Å². The van der Waals surface area contributed by atoms with Crippen molar-refractivity contribution >= 4 is 5.91 Å². The highest BCUT2D eigenvalue weighted by Gasteiger charge is 2.44. The van der Waals surface area contributed by atoms with Crippen LogP contribution in [-0.2, 0) is 11.3 Å². The molecule has 0 unspecified atom stereocenters. The molecular weight excluding hydrogens is 174 g/mol. The second kappa shape index (κ2) is 3.45. The van der Waals surface area contributed by atoms with E-state index >= 15 is 0 Å². The molecule has 1 saturated carbocycles. The largest absolute Gasteiger partial charge is 0.352 e. The molecule has 0 atom stereocenters. The first-order chi connectivity index (χ1) is 6.71. The van der Waals surface area contributed by atoms with E-state index in [2.05, 4.69) is 5.32 Å². The van der Waals surface area contributed by atoms with E-state index < -0.39 is 0 Å². The molecule has 1 aliphatic rings. The van der Waals surface area contributed by atoms with Gasteiger partial charge in [0.25, 0.3) is 0 Å². The standard InChI is InChI=1S/C12H15NO/c1-12(7-8-12)11(14)13-9-10-5-3-2-4-6-10/h2-6H,7-9H2,1H3,(H,13,14). The molecule has 74 valence electrons. The Kier molecular flexibility index (Phi) is 2.28. The Bertz CT molecular complexity index is 327. The van der Waals surface area contributed by atoms with Crippen molar-refractivity contribution in [1.29, 1.82) is 0 Å². The van der Waals surface area contributed by atoms with Crippen LogP contribution in [0.5, 0.6) is 0 Å². The van der Waals surface area contributed by atoms with E-state index in [9.17, 15) is 4.79 Å². The van der Waals surface area contributed by atoms with Crippen LogP contribution in [0.25, 0.3) is 0 Å². The number of rotatable bonds is 3. The summed E-state index contributed by atoms with van der Waals surface area (Å²) in [6.07, 6.45) is 2.07. The third-order valence-electron chi connectivity index (χ3n) is 2.84. The van der Waals surface area contributed by atoms with E-state index in [-0.39, 0.29) is 11.3 Å². The van der Waals surface area contributed by atoms with Crippen molar-refractivity contribution in [3.63, 3.8) is 0 Å². The van der Waals surface area contributed by atoms with Crippen LogP contribution >= 0.6 is 0 Å². The molecule has 2 rings (SSSR count). The van der Waals surface area contributed by atoms with E-state index in [1.54, 1.807) is 0 Å². The fourth-order valence-corrected chi connectivity index (χ4v) is 1.41. The van der Waals surface area contributed by atoms with Gasteiger partial charge in [0.15, 0.2) is 0 Å². The Morgan fingerprint density at radius 2 is 2.00 bits per heavy atom. The average molecular weight is 189 g/mol. The molecule has 0 heterocycles. The summed E-state index contributed by atoms with van der Waals surface area (Å²) in [7, 11) is 0. The zero-order valence-corrected chi connectivity index (χ0v) is 8.42. The molecule has 0 saturated heterocycles. The number of carbonyl (C=O) groups excluding carboxylic acids is 1. The Morgan fingerprint density at radius 3 is 2.57 bits per heavy atom. The van der Waals surface area contributed by atoms with Gasteiger partial charge >= 0.3 is 0 Å². The van der Waals surface area contributed by atoms with E-state index in [0.717, 1.165) is 18.4 Å². The van der Waals surface area contributed by atoms with Crippen LogP contribution in [0, 0.1) is 5.41 Å². The van der Waals surface area contributed by atoms with Crippen molar-refractivity contribution in [2.24, 2.45) is 5.41 Å². The molecule has 2 nitrogen and oxygen atoms in total. The first kappa shape index (κ1) is 9.25. The highest BCUT2D eigenvalue weighted by Crippen LogP contribution is 2.44. The lowest BCUT2D eigenvalue weighted by Crippen LogP contribution is -2.29. The van der Waals surface area contributed by atoms with Gasteiger partial charge < -0.3 is 5.32 Å². The molecule has 1 fully saturated rings. The lowest BCUT2D eigenvalue weighted by Gasteiger charge is -2.09. The van der Waals surface area contributed by atoms with Crippen molar-refractivity contribution in [1.82, 2.24) is 5.32 Å². The average Bonchev–Trinajstić information content (AvgIpc) is 2.96. The molecule has 1 aromatic rings. The van der Waals surface area contributed by atoms with E-state index in [4.69, 9.17) is 0 Å². The predicted octanol–water partition coefficient (Wildman–Crippen LogP) is 2.10. The van der Waals surface area contributed by atoms with Gasteiger partial charge in [-0.25, -0.2) is 0 Å². The van der Waals surface area contributed by atoms with Gasteiger partial charge in [-0.05, 0) is 18.4 Å². The number of hydrogen-bond acceptors (Lipinski definition) is 1. The van der Waals surface area contributed by atoms with Crippen molar-refractivity contribution < 1.29 is 4.79 Å². The molecule has 0 bridgehead atoms. The van der Waals surface area contributed by atoms with Crippen LogP contribution in [0.3, 0.4) is 0 Å². The maximum atomic E-state index is 11.6. The van der Waals surface area contributed by atoms with Gasteiger partial charge in [0, 0.05) is 12.0 Å². The van der Waals surface area contributed by atoms with Crippen LogP contribution < -0.4 is 5.32 Å². The van der Waals surface area contributed by atoms with Gasteiger partial charge in [-0.2, -0.15) is 0 Å². The molecule has 14 heavy (non-hydrogen) atoms. The number of hydrogen-bond donors (Lipinski definition) is 1. The summed E-state index contributed by atoms with van der Waals surface area (Å²) in [5.74, 6) is 0.196. The van der Waals surface area contributed by atoms with Gasteiger partial charge in [-0.1, -0.05) is 37.3 Å². The van der Waals surface area contributed by atoms with Crippen LogP contribution in [0.15, 0.2) is 30.3 Å². The monoisotopic (exact) mass is 189 g/mol. The molecule has 0 aromatic heterocycles. The molecule has 1 aromatic carbocycles. The molecule has 0 aliphatic heterocycles. The Balaban J connectivity index is 1.86. The van der Waals surface area contributed by atoms with Crippen LogP contribution in [0.1, 0.15) is 25.3 Å². The zero-order chi connectivity index (χ0) is 10.0. The SMILES string of the molecule is CC1(C(=O)NCc2ccccc2)CC1. The smallest absolute Gasteiger partial charge is 0.226 e. The molecule has 1 aliphatic carbocycles. The van der Waals surface area contributed by atoms with Gasteiger partial charge in [-0.15, -0.1) is 0 Å². The quantitative estimate of drug-likeness (QED) is 0.775. The predicted molar refractivity (Wildman–Crippen MR) is 55.6 cm³/mol. The summed E-state index contributed by atoms with van der Waals surface area (Å²) >= 11 is 0. The molecule has 0 spiro atoms. The van der Waals surface area contributed by atoms with Crippen LogP contribution in [-0.4, -0.2) is 5.91 Å². The topological polar surface area (TPSA) is 29.1 Å². The summed E-state index contributed by atoms with van der Waals surface area (Å²) < 4.78 is 0. The first-order valence-corrected chi connectivity index (χ1v) is 5.03. The third-order valence-corrected chi connectivity index (χ3v) is 2.84. The minimum atomic E-state index is -0.0607. The normalized spacial score (nSPS) is 17.5. The molecule has 2 heteroatoms. The second-order valence-corrected chi connectivity index (χ2v) is 4.23. The Labute approximate surface area is 84.3 Å². The Hall–Kier alpha value is -1.31. The lowest BCUT2D eigenvalue weighted by atomic mass is 10.1. The molecule has 1 N–H and O–H groups in total. The van der Waals surface area contributed by atoms with E-state index in [1.807, 2.05) is 37.3 Å².